The Morgan fingerprint density at radius 3 is 2.31 bits per heavy atom. The molecule has 1 N–H and O–H groups in total. The molecule has 3 amide bonds. The Balaban J connectivity index is 1.66. The van der Waals surface area contributed by atoms with E-state index in [2.05, 4.69) is 5.32 Å². The number of hydrogen-bond donors (Lipinski definition) is 1. The highest BCUT2D eigenvalue weighted by Gasteiger charge is 2.35. The Morgan fingerprint density at radius 1 is 1.19 bits per heavy atom. The van der Waals surface area contributed by atoms with Gasteiger partial charge in [0.2, 0.25) is 5.91 Å². The van der Waals surface area contributed by atoms with Gasteiger partial charge in [-0.3, -0.25) is 9.69 Å². The number of cyclic esters (lactones) is 1. The molecule has 0 aromatic heterocycles. The summed E-state index contributed by atoms with van der Waals surface area (Å²) in [5.74, 6) is -2.14. The number of hydrogen-bond acceptors (Lipinski definition) is 5. The Hall–Kier alpha value is -2.91. The first-order valence-corrected chi connectivity index (χ1v) is 10.6. The summed E-state index contributed by atoms with van der Waals surface area (Å²) in [6, 6.07) is 2.25. The summed E-state index contributed by atoms with van der Waals surface area (Å²) in [5, 5.41) is 2.55. The molecule has 1 atom stereocenters. The summed E-state index contributed by atoms with van der Waals surface area (Å²) in [5.41, 5.74) is -0.593. The zero-order valence-corrected chi connectivity index (χ0v) is 18.7. The Kier molecular flexibility index (Phi) is 6.90. The fourth-order valence-corrected chi connectivity index (χ4v) is 3.89. The topological polar surface area (TPSA) is 88.2 Å². The quantitative estimate of drug-likeness (QED) is 0.754. The number of ether oxygens (including phenoxy) is 2. The van der Waals surface area contributed by atoms with Crippen LogP contribution < -0.4 is 10.2 Å². The van der Waals surface area contributed by atoms with Crippen LogP contribution in [0.4, 0.5) is 24.1 Å². The summed E-state index contributed by atoms with van der Waals surface area (Å²) in [6.07, 6.45) is -0.964. The van der Waals surface area contributed by atoms with Gasteiger partial charge in [-0.2, -0.15) is 0 Å². The molecular weight excluding hydrogens is 424 g/mol. The lowest BCUT2D eigenvalue weighted by Crippen LogP contribution is -2.41. The van der Waals surface area contributed by atoms with Crippen LogP contribution in [0.25, 0.3) is 0 Å². The average molecular weight is 453 g/mol. The van der Waals surface area contributed by atoms with E-state index in [1.165, 1.54) is 6.92 Å². The molecule has 0 radical (unpaired) electrons. The molecule has 2 fully saturated rings. The maximum absolute atomic E-state index is 14.9. The molecule has 32 heavy (non-hydrogen) atoms. The van der Waals surface area contributed by atoms with E-state index in [0.29, 0.717) is 25.9 Å². The fourth-order valence-electron chi connectivity index (χ4n) is 3.89. The van der Waals surface area contributed by atoms with Gasteiger partial charge in [-0.05, 0) is 51.7 Å². The number of amides is 3. The van der Waals surface area contributed by atoms with Gasteiger partial charge in [0, 0.05) is 25.6 Å². The first kappa shape index (κ1) is 23.7. The summed E-state index contributed by atoms with van der Waals surface area (Å²) in [6.45, 7) is 7.55. The van der Waals surface area contributed by atoms with Crippen LogP contribution in [0.1, 0.15) is 52.0 Å². The minimum Gasteiger partial charge on any atom is -0.444 e. The second-order valence-electron chi connectivity index (χ2n) is 9.12. The van der Waals surface area contributed by atoms with Gasteiger partial charge >= 0.3 is 12.2 Å². The van der Waals surface area contributed by atoms with Crippen molar-refractivity contribution in [1.29, 1.82) is 0 Å². The van der Waals surface area contributed by atoms with Crippen LogP contribution in [0.5, 0.6) is 0 Å². The van der Waals surface area contributed by atoms with Gasteiger partial charge < -0.3 is 19.7 Å². The predicted molar refractivity (Wildman–Crippen MR) is 112 cm³/mol. The SMILES string of the molecule is CC(=O)NC[C@H]1CN(c2cc(F)c(C3CCN(C(=O)OC(C)(C)C)CC3)c(F)c2)C(=O)O1. The molecule has 8 nitrogen and oxygen atoms in total. The molecule has 1 aromatic rings. The third-order valence-corrected chi connectivity index (χ3v) is 5.38. The number of nitrogens with zero attached hydrogens (tertiary/aromatic N) is 2. The molecule has 0 saturated carbocycles. The van der Waals surface area contributed by atoms with Crippen LogP contribution >= 0.6 is 0 Å². The highest BCUT2D eigenvalue weighted by atomic mass is 19.1. The zero-order valence-electron chi connectivity index (χ0n) is 18.7. The standard InChI is InChI=1S/C22H29F2N3O5/c1-13(28)25-11-16-12-27(21(30)31-16)15-9-17(23)19(18(24)10-15)14-5-7-26(8-6-14)20(29)32-22(2,3)4/h9-10,14,16H,5-8,11-12H2,1-4H3,(H,25,28)/t16-/m0/s1. The summed E-state index contributed by atoms with van der Waals surface area (Å²) in [4.78, 5) is 38.1. The molecule has 2 heterocycles. The van der Waals surface area contributed by atoms with Crippen molar-refractivity contribution in [3.63, 3.8) is 0 Å². The van der Waals surface area contributed by atoms with Crippen molar-refractivity contribution in [2.45, 2.75) is 58.2 Å². The minimum atomic E-state index is -0.742. The lowest BCUT2D eigenvalue weighted by molar-refractivity contribution is -0.119. The van der Waals surface area contributed by atoms with E-state index in [9.17, 15) is 23.2 Å². The van der Waals surface area contributed by atoms with Crippen molar-refractivity contribution in [1.82, 2.24) is 10.2 Å². The van der Waals surface area contributed by atoms with Gasteiger partial charge in [-0.1, -0.05) is 0 Å². The molecule has 3 rings (SSSR count). The van der Waals surface area contributed by atoms with Crippen LogP contribution in [0.3, 0.4) is 0 Å². The second kappa shape index (κ2) is 9.30. The number of halogens is 2. The Morgan fingerprint density at radius 2 is 1.78 bits per heavy atom. The van der Waals surface area contributed by atoms with Crippen LogP contribution in [-0.2, 0) is 14.3 Å². The zero-order chi connectivity index (χ0) is 23.6. The third-order valence-electron chi connectivity index (χ3n) is 5.38. The molecule has 0 aliphatic carbocycles. The first-order valence-electron chi connectivity index (χ1n) is 10.6. The molecule has 2 saturated heterocycles. The van der Waals surface area contributed by atoms with Crippen molar-refractivity contribution < 1.29 is 32.6 Å². The van der Waals surface area contributed by atoms with Gasteiger partial charge in [0.1, 0.15) is 23.3 Å². The smallest absolute Gasteiger partial charge is 0.414 e. The van der Waals surface area contributed by atoms with Crippen molar-refractivity contribution in [2.24, 2.45) is 0 Å². The normalized spacial score (nSPS) is 19.7. The number of benzene rings is 1. The largest absolute Gasteiger partial charge is 0.444 e. The van der Waals surface area contributed by atoms with Crippen molar-refractivity contribution >= 4 is 23.8 Å². The molecule has 0 bridgehead atoms. The number of piperidine rings is 1. The third kappa shape index (κ3) is 5.66. The number of likely N-dealkylation sites (tertiary alicyclic amines) is 1. The lowest BCUT2D eigenvalue weighted by Gasteiger charge is -2.34. The second-order valence-corrected chi connectivity index (χ2v) is 9.12. The first-order chi connectivity index (χ1) is 14.9. The number of carbonyl (C=O) groups is 3. The maximum atomic E-state index is 14.9. The predicted octanol–water partition coefficient (Wildman–Crippen LogP) is 3.54. The van der Waals surface area contributed by atoms with Crippen molar-refractivity contribution in [3.8, 4) is 0 Å². The Bertz CT molecular complexity index is 871. The van der Waals surface area contributed by atoms with Crippen molar-refractivity contribution in [3.05, 3.63) is 29.3 Å². The molecule has 0 spiro atoms. The number of anilines is 1. The lowest BCUT2D eigenvalue weighted by atomic mass is 9.88. The average Bonchev–Trinajstić information content (AvgIpc) is 3.05. The molecule has 2 aliphatic heterocycles. The molecule has 2 aliphatic rings. The van der Waals surface area contributed by atoms with Crippen LogP contribution in [0, 0.1) is 11.6 Å². The van der Waals surface area contributed by atoms with Crippen LogP contribution in [0.15, 0.2) is 12.1 Å². The highest BCUT2D eigenvalue weighted by molar-refractivity contribution is 5.90. The van der Waals surface area contributed by atoms with Crippen LogP contribution in [-0.4, -0.2) is 60.9 Å². The van der Waals surface area contributed by atoms with E-state index in [4.69, 9.17) is 9.47 Å². The van der Waals surface area contributed by atoms with Gasteiger partial charge in [0.05, 0.1) is 18.8 Å². The summed E-state index contributed by atoms with van der Waals surface area (Å²) in [7, 11) is 0. The van der Waals surface area contributed by atoms with E-state index < -0.39 is 35.5 Å². The molecule has 0 unspecified atom stereocenters. The van der Waals surface area contributed by atoms with E-state index >= 15 is 0 Å². The van der Waals surface area contributed by atoms with Gasteiger partial charge in [0.25, 0.3) is 0 Å². The molecule has 1 aromatic carbocycles. The number of nitrogens with one attached hydrogen (secondary N) is 1. The van der Waals surface area contributed by atoms with E-state index in [-0.39, 0.29) is 36.2 Å². The Labute approximate surface area is 185 Å². The van der Waals surface area contributed by atoms with E-state index in [0.717, 1.165) is 17.0 Å². The summed E-state index contributed by atoms with van der Waals surface area (Å²) < 4.78 is 40.4. The number of rotatable bonds is 4. The molecule has 10 heteroatoms. The van der Waals surface area contributed by atoms with Gasteiger partial charge in [0.15, 0.2) is 0 Å². The fraction of sp³-hybridized carbons (Fsp3) is 0.591. The maximum Gasteiger partial charge on any atom is 0.414 e. The van der Waals surface area contributed by atoms with E-state index in [1.54, 1.807) is 25.7 Å². The highest BCUT2D eigenvalue weighted by Crippen LogP contribution is 2.35. The minimum absolute atomic E-state index is 0.0417. The van der Waals surface area contributed by atoms with E-state index in [1.807, 2.05) is 0 Å². The summed E-state index contributed by atoms with van der Waals surface area (Å²) >= 11 is 0. The van der Waals surface area contributed by atoms with Crippen molar-refractivity contribution in [2.75, 3.05) is 31.1 Å². The monoisotopic (exact) mass is 453 g/mol. The molecule has 176 valence electrons. The van der Waals surface area contributed by atoms with Crippen LogP contribution in [0.2, 0.25) is 0 Å². The van der Waals surface area contributed by atoms with Gasteiger partial charge in [-0.25, -0.2) is 18.4 Å². The number of carbonyl (C=O) groups excluding carboxylic acids is 3. The van der Waals surface area contributed by atoms with Gasteiger partial charge in [-0.15, -0.1) is 0 Å². The molecular formula is C22H29F2N3O5.